The number of aliphatic hydroxyl groups excluding tert-OH is 1. The van der Waals surface area contributed by atoms with Gasteiger partial charge in [-0.2, -0.15) is 0 Å². The molecule has 3 N–H and O–H groups in total. The van der Waals surface area contributed by atoms with Gasteiger partial charge in [0, 0.05) is 25.7 Å². The van der Waals surface area contributed by atoms with E-state index >= 15 is 0 Å². The molecule has 5 atom stereocenters. The molecule has 17 nitrogen and oxygen atoms in total. The highest BCUT2D eigenvalue weighted by Crippen LogP contribution is 2.45. The fourth-order valence-electron chi connectivity index (χ4n) is 10.5. The third-order valence-electron chi connectivity index (χ3n) is 16.1. The van der Waals surface area contributed by atoms with E-state index in [9.17, 15) is 43.2 Å². The number of unbranched alkanes of at least 4 members (excludes halogenated alkanes) is 36. The van der Waals surface area contributed by atoms with Crippen LogP contribution in [0.5, 0.6) is 0 Å². The van der Waals surface area contributed by atoms with Crippen LogP contribution in [0.3, 0.4) is 0 Å². The molecule has 0 spiro atoms. The molecular weight excluding hydrogens is 1170 g/mol. The van der Waals surface area contributed by atoms with Crippen molar-refractivity contribution in [3.05, 3.63) is 0 Å². The second-order valence-corrected chi connectivity index (χ2v) is 29.6. The Morgan fingerprint density at radius 1 is 0.303 bits per heavy atom. The summed E-state index contributed by atoms with van der Waals surface area (Å²) < 4.78 is 68.3. The lowest BCUT2D eigenvalue weighted by Crippen LogP contribution is -2.30. The van der Waals surface area contributed by atoms with Crippen LogP contribution >= 0.6 is 15.6 Å². The molecule has 0 radical (unpaired) electrons. The van der Waals surface area contributed by atoms with Crippen LogP contribution < -0.4 is 0 Å². The van der Waals surface area contributed by atoms with Gasteiger partial charge in [0.25, 0.3) is 0 Å². The molecule has 0 heterocycles. The average Bonchev–Trinajstić information content (AvgIpc) is 3.50. The highest BCUT2D eigenvalue weighted by Gasteiger charge is 2.30. The normalized spacial score (nSPS) is 14.2. The number of carbonyl (C=O) groups excluding carboxylic acids is 4. The lowest BCUT2D eigenvalue weighted by molar-refractivity contribution is -0.161. The summed E-state index contributed by atoms with van der Waals surface area (Å²) in [6.45, 7) is 11.8. The molecule has 0 aromatic rings. The van der Waals surface area contributed by atoms with Gasteiger partial charge in [-0.25, -0.2) is 9.13 Å². The standard InChI is InChI=1S/C70H136O17P2/c1-8-9-10-11-12-13-14-15-18-21-30-37-44-51-67(72)80-57-65(86-69(74)53-46-39-32-22-19-16-17-20-27-34-41-48-61(2)3)59-84-88(76,77)82-55-64(71)56-83-89(78,79)85-60-66(87-70(75)54-47-40-33-26-24-29-36-43-50-63(6)7)58-81-68(73)52-45-38-31-25-23-28-35-42-49-62(4)5/h61-66,71H,8-60H2,1-7H3,(H,76,77)(H,78,79)/t64-,65-,66-/m1/s1. The summed E-state index contributed by atoms with van der Waals surface area (Å²) in [5.74, 6) is 0.0827. The van der Waals surface area contributed by atoms with Gasteiger partial charge in [0.15, 0.2) is 12.2 Å². The summed E-state index contributed by atoms with van der Waals surface area (Å²) in [7, 11) is -9.90. The number of phosphoric ester groups is 2. The van der Waals surface area contributed by atoms with Crippen LogP contribution in [0, 0.1) is 17.8 Å². The molecule has 0 saturated carbocycles. The molecule has 19 heteroatoms. The second kappa shape index (κ2) is 61.0. The van der Waals surface area contributed by atoms with Gasteiger partial charge in [0.1, 0.15) is 19.3 Å². The lowest BCUT2D eigenvalue weighted by atomic mass is 10.0. The van der Waals surface area contributed by atoms with Gasteiger partial charge in [-0.15, -0.1) is 0 Å². The molecule has 528 valence electrons. The number of rotatable bonds is 68. The molecule has 0 aromatic heterocycles. The first-order chi connectivity index (χ1) is 42.7. The van der Waals surface area contributed by atoms with E-state index in [-0.39, 0.29) is 25.7 Å². The molecule has 0 rings (SSSR count). The van der Waals surface area contributed by atoms with E-state index in [1.54, 1.807) is 0 Å². The van der Waals surface area contributed by atoms with Crippen molar-refractivity contribution >= 4 is 39.5 Å². The summed E-state index contributed by atoms with van der Waals surface area (Å²) in [4.78, 5) is 72.5. The third-order valence-corrected chi connectivity index (χ3v) is 18.0. The Balaban J connectivity index is 5.26. The molecule has 2 unspecified atom stereocenters. The van der Waals surface area contributed by atoms with Crippen molar-refractivity contribution in [2.45, 2.75) is 369 Å². The molecule has 0 fully saturated rings. The van der Waals surface area contributed by atoms with Gasteiger partial charge in [-0.3, -0.25) is 37.3 Å². The van der Waals surface area contributed by atoms with Gasteiger partial charge in [0.05, 0.1) is 26.4 Å². The number of carbonyl (C=O) groups is 4. The quantitative estimate of drug-likeness (QED) is 0.0222. The Morgan fingerprint density at radius 2 is 0.517 bits per heavy atom. The zero-order chi connectivity index (χ0) is 65.9. The summed E-state index contributed by atoms with van der Waals surface area (Å²) in [5.41, 5.74) is 0. The van der Waals surface area contributed by atoms with Gasteiger partial charge >= 0.3 is 39.5 Å². The van der Waals surface area contributed by atoms with Crippen LogP contribution in [0.1, 0.15) is 350 Å². The van der Waals surface area contributed by atoms with Crippen LogP contribution in [0.4, 0.5) is 0 Å². The molecule has 0 aliphatic heterocycles. The maximum absolute atomic E-state index is 13.0. The van der Waals surface area contributed by atoms with E-state index in [1.807, 2.05) is 0 Å². The summed E-state index contributed by atoms with van der Waals surface area (Å²) in [6, 6.07) is 0. The molecule has 0 saturated heterocycles. The average molecular weight is 1310 g/mol. The number of phosphoric acid groups is 2. The number of aliphatic hydroxyl groups is 1. The van der Waals surface area contributed by atoms with Crippen LogP contribution in [0.25, 0.3) is 0 Å². The molecule has 0 aromatic carbocycles. The van der Waals surface area contributed by atoms with E-state index in [2.05, 4.69) is 48.5 Å². The van der Waals surface area contributed by atoms with Crippen molar-refractivity contribution < 1.29 is 80.2 Å². The van der Waals surface area contributed by atoms with Crippen LogP contribution in [0.2, 0.25) is 0 Å². The Morgan fingerprint density at radius 3 is 0.764 bits per heavy atom. The van der Waals surface area contributed by atoms with Crippen LogP contribution in [0.15, 0.2) is 0 Å². The Bertz CT molecular complexity index is 1750. The minimum atomic E-state index is -4.95. The van der Waals surface area contributed by atoms with E-state index in [4.69, 9.17) is 37.0 Å². The van der Waals surface area contributed by atoms with Gasteiger partial charge in [0.2, 0.25) is 0 Å². The highest BCUT2D eigenvalue weighted by atomic mass is 31.2. The maximum atomic E-state index is 13.0. The van der Waals surface area contributed by atoms with Gasteiger partial charge in [-0.05, 0) is 43.4 Å². The molecule has 0 amide bonds. The van der Waals surface area contributed by atoms with Crippen molar-refractivity contribution in [2.24, 2.45) is 17.8 Å². The van der Waals surface area contributed by atoms with Crippen molar-refractivity contribution in [3.8, 4) is 0 Å². The van der Waals surface area contributed by atoms with E-state index in [1.165, 1.54) is 161 Å². The number of ether oxygens (including phenoxy) is 4. The maximum Gasteiger partial charge on any atom is 0.472 e. The Kier molecular flexibility index (Phi) is 59.6. The van der Waals surface area contributed by atoms with Crippen molar-refractivity contribution in [2.75, 3.05) is 39.6 Å². The van der Waals surface area contributed by atoms with Crippen molar-refractivity contribution in [1.29, 1.82) is 0 Å². The zero-order valence-corrected chi connectivity index (χ0v) is 59.7. The fourth-order valence-corrected chi connectivity index (χ4v) is 12.1. The topological polar surface area (TPSA) is 237 Å². The summed E-state index contributed by atoms with van der Waals surface area (Å²) in [6.07, 6.45) is 44.4. The van der Waals surface area contributed by atoms with Gasteiger partial charge in [-0.1, -0.05) is 299 Å². The van der Waals surface area contributed by atoms with E-state index in [0.29, 0.717) is 25.7 Å². The summed E-state index contributed by atoms with van der Waals surface area (Å²) in [5, 5.41) is 10.6. The monoisotopic (exact) mass is 1310 g/mol. The Labute approximate surface area is 543 Å². The molecular formula is C70H136O17P2. The first-order valence-corrected chi connectivity index (χ1v) is 39.3. The third kappa shape index (κ3) is 64.6. The van der Waals surface area contributed by atoms with Crippen molar-refractivity contribution in [1.82, 2.24) is 0 Å². The van der Waals surface area contributed by atoms with E-state index < -0.39 is 97.5 Å². The largest absolute Gasteiger partial charge is 0.472 e. The predicted octanol–water partition coefficient (Wildman–Crippen LogP) is 19.8. The molecule has 0 bridgehead atoms. The molecule has 89 heavy (non-hydrogen) atoms. The minimum absolute atomic E-state index is 0.104. The number of esters is 4. The predicted molar refractivity (Wildman–Crippen MR) is 358 cm³/mol. The van der Waals surface area contributed by atoms with Crippen LogP contribution in [-0.4, -0.2) is 96.7 Å². The minimum Gasteiger partial charge on any atom is -0.462 e. The molecule has 0 aliphatic rings. The molecule has 0 aliphatic carbocycles. The Hall–Kier alpha value is -1.94. The highest BCUT2D eigenvalue weighted by molar-refractivity contribution is 7.47. The second-order valence-electron chi connectivity index (χ2n) is 26.7. The first kappa shape index (κ1) is 87.1. The first-order valence-electron chi connectivity index (χ1n) is 36.3. The smallest absolute Gasteiger partial charge is 0.462 e. The van der Waals surface area contributed by atoms with Crippen LogP contribution in [-0.2, 0) is 65.4 Å². The lowest BCUT2D eigenvalue weighted by Gasteiger charge is -2.21. The number of hydrogen-bond acceptors (Lipinski definition) is 15. The number of hydrogen-bond donors (Lipinski definition) is 3. The van der Waals surface area contributed by atoms with Crippen molar-refractivity contribution in [3.63, 3.8) is 0 Å². The SMILES string of the molecule is CCCCCCCCCCCCCCCC(=O)OC[C@H](COP(=O)(O)OC[C@@H](O)COP(=O)(O)OC[C@@H](COC(=O)CCCCCCCCCCC(C)C)OC(=O)CCCCCCCCCCC(C)C)OC(=O)CCCCCCCCCCCCCC(C)C. The van der Waals surface area contributed by atoms with Gasteiger partial charge < -0.3 is 33.8 Å². The zero-order valence-electron chi connectivity index (χ0n) is 57.9. The van der Waals surface area contributed by atoms with E-state index in [0.717, 1.165) is 108 Å². The summed E-state index contributed by atoms with van der Waals surface area (Å²) >= 11 is 0. The fraction of sp³-hybridized carbons (Fsp3) is 0.943.